The molecular formula is C20H22N2O3. The van der Waals surface area contributed by atoms with E-state index < -0.39 is 0 Å². The number of nitrogens with zero attached hydrogens (tertiary/aromatic N) is 1. The summed E-state index contributed by atoms with van der Waals surface area (Å²) in [6.07, 6.45) is 3.67. The molecule has 25 heavy (non-hydrogen) atoms. The Morgan fingerprint density at radius 3 is 2.80 bits per heavy atom. The van der Waals surface area contributed by atoms with Crippen molar-refractivity contribution >= 4 is 12.1 Å². The quantitative estimate of drug-likeness (QED) is 0.462. The Hall–Kier alpha value is -3.08. The minimum atomic E-state index is -0.379. The molecule has 2 rings (SSSR count). The van der Waals surface area contributed by atoms with Crippen molar-refractivity contribution in [2.24, 2.45) is 5.10 Å². The number of hydrogen-bond donors (Lipinski definition) is 2. The van der Waals surface area contributed by atoms with Gasteiger partial charge in [-0.15, -0.1) is 6.58 Å². The lowest BCUT2D eigenvalue weighted by molar-refractivity contribution is -0.123. The molecule has 0 spiro atoms. The highest BCUT2D eigenvalue weighted by molar-refractivity contribution is 5.86. The molecule has 5 heteroatoms. The maximum absolute atomic E-state index is 11.8. The van der Waals surface area contributed by atoms with E-state index in [1.165, 1.54) is 11.8 Å². The second-order valence-corrected chi connectivity index (χ2v) is 5.68. The van der Waals surface area contributed by atoms with Crippen molar-refractivity contribution in [2.45, 2.75) is 20.3 Å². The molecule has 0 aliphatic heterocycles. The molecule has 0 atom stereocenters. The maximum atomic E-state index is 11.8. The minimum absolute atomic E-state index is 0.131. The summed E-state index contributed by atoms with van der Waals surface area (Å²) in [4.78, 5) is 11.8. The van der Waals surface area contributed by atoms with Crippen molar-refractivity contribution in [2.75, 3.05) is 6.61 Å². The third-order valence-corrected chi connectivity index (χ3v) is 3.76. The average Bonchev–Trinajstić information content (AvgIpc) is 2.59. The van der Waals surface area contributed by atoms with E-state index in [9.17, 15) is 9.90 Å². The summed E-state index contributed by atoms with van der Waals surface area (Å²) in [5.74, 6) is 0.389. The highest BCUT2D eigenvalue weighted by atomic mass is 16.5. The van der Waals surface area contributed by atoms with E-state index in [-0.39, 0.29) is 18.3 Å². The molecular weight excluding hydrogens is 316 g/mol. The Balaban J connectivity index is 1.89. The third-order valence-electron chi connectivity index (χ3n) is 3.76. The van der Waals surface area contributed by atoms with Gasteiger partial charge in [-0.3, -0.25) is 4.79 Å². The molecule has 2 aromatic rings. The number of nitrogens with one attached hydrogen (secondary N) is 1. The summed E-state index contributed by atoms with van der Waals surface area (Å²) in [6, 6.07) is 11.0. The fourth-order valence-corrected chi connectivity index (χ4v) is 2.19. The van der Waals surface area contributed by atoms with Crippen LogP contribution in [-0.2, 0) is 11.2 Å². The Labute approximate surface area is 147 Å². The zero-order chi connectivity index (χ0) is 18.2. The Morgan fingerprint density at radius 1 is 1.28 bits per heavy atom. The molecule has 2 aromatic carbocycles. The standard InChI is InChI=1S/C20H22N2O3/c1-4-6-16-7-5-8-17(20(16)24)12-21-22-19(23)13-25-18-10-9-14(2)15(3)11-18/h4-5,7-12,24H,1,6,13H2,2-3H3,(H,22,23)/b21-12-. The first-order chi connectivity index (χ1) is 12.0. The number of benzene rings is 2. The first kappa shape index (κ1) is 18.3. The van der Waals surface area contributed by atoms with Gasteiger partial charge in [0, 0.05) is 5.56 Å². The van der Waals surface area contributed by atoms with Gasteiger partial charge in [0.1, 0.15) is 11.5 Å². The second kappa shape index (κ2) is 8.68. The highest BCUT2D eigenvalue weighted by Crippen LogP contribution is 2.21. The van der Waals surface area contributed by atoms with Gasteiger partial charge in [-0.2, -0.15) is 5.10 Å². The number of phenolic OH excluding ortho intramolecular Hbond substituents is 1. The number of aryl methyl sites for hydroxylation is 2. The van der Waals surface area contributed by atoms with Crippen molar-refractivity contribution in [3.05, 3.63) is 71.3 Å². The van der Waals surface area contributed by atoms with E-state index in [1.807, 2.05) is 44.2 Å². The summed E-state index contributed by atoms with van der Waals surface area (Å²) in [7, 11) is 0. The normalized spacial score (nSPS) is 10.6. The van der Waals surface area contributed by atoms with Gasteiger partial charge in [0.05, 0.1) is 6.21 Å². The number of para-hydroxylation sites is 1. The maximum Gasteiger partial charge on any atom is 0.277 e. The monoisotopic (exact) mass is 338 g/mol. The van der Waals surface area contributed by atoms with Gasteiger partial charge in [-0.1, -0.05) is 24.3 Å². The summed E-state index contributed by atoms with van der Waals surface area (Å²) < 4.78 is 5.43. The molecule has 0 unspecified atom stereocenters. The topological polar surface area (TPSA) is 70.9 Å². The number of ether oxygens (including phenoxy) is 1. The molecule has 5 nitrogen and oxygen atoms in total. The van der Waals surface area contributed by atoms with Crippen LogP contribution in [0, 0.1) is 13.8 Å². The van der Waals surface area contributed by atoms with Crippen molar-refractivity contribution in [1.82, 2.24) is 5.43 Å². The average molecular weight is 338 g/mol. The summed E-state index contributed by atoms with van der Waals surface area (Å²) in [5.41, 5.74) is 5.93. The van der Waals surface area contributed by atoms with Crippen LogP contribution in [0.2, 0.25) is 0 Å². The van der Waals surface area contributed by atoms with Crippen LogP contribution in [0.1, 0.15) is 22.3 Å². The Kier molecular flexibility index (Phi) is 6.34. The van der Waals surface area contributed by atoms with E-state index in [4.69, 9.17) is 4.74 Å². The molecule has 0 radical (unpaired) electrons. The van der Waals surface area contributed by atoms with E-state index in [0.717, 1.165) is 11.1 Å². The van der Waals surface area contributed by atoms with Crippen molar-refractivity contribution < 1.29 is 14.6 Å². The molecule has 2 N–H and O–H groups in total. The van der Waals surface area contributed by atoms with Gasteiger partial charge in [0.15, 0.2) is 6.61 Å². The fraction of sp³-hybridized carbons (Fsp3) is 0.200. The van der Waals surface area contributed by atoms with E-state index in [1.54, 1.807) is 12.1 Å². The van der Waals surface area contributed by atoms with Crippen LogP contribution in [0.15, 0.2) is 54.2 Å². The number of hydrazone groups is 1. The number of rotatable bonds is 7. The molecule has 1 amide bonds. The van der Waals surface area contributed by atoms with E-state index in [0.29, 0.717) is 17.7 Å². The zero-order valence-corrected chi connectivity index (χ0v) is 14.5. The molecule has 0 saturated heterocycles. The van der Waals surface area contributed by atoms with Gasteiger partial charge in [0.2, 0.25) is 0 Å². The van der Waals surface area contributed by atoms with Gasteiger partial charge < -0.3 is 9.84 Å². The molecule has 0 saturated carbocycles. The van der Waals surface area contributed by atoms with Crippen molar-refractivity contribution in [3.63, 3.8) is 0 Å². The second-order valence-electron chi connectivity index (χ2n) is 5.68. The summed E-state index contributed by atoms with van der Waals surface area (Å²) in [5, 5.41) is 14.0. The number of phenols is 1. The van der Waals surface area contributed by atoms with Crippen LogP contribution in [0.25, 0.3) is 0 Å². The highest BCUT2D eigenvalue weighted by Gasteiger charge is 2.05. The van der Waals surface area contributed by atoms with Crippen LogP contribution in [0.5, 0.6) is 11.5 Å². The van der Waals surface area contributed by atoms with Crippen molar-refractivity contribution in [3.8, 4) is 11.5 Å². The lowest BCUT2D eigenvalue weighted by atomic mass is 10.1. The van der Waals surface area contributed by atoms with Crippen molar-refractivity contribution in [1.29, 1.82) is 0 Å². The zero-order valence-electron chi connectivity index (χ0n) is 14.5. The van der Waals surface area contributed by atoms with Crippen LogP contribution in [0.3, 0.4) is 0 Å². The van der Waals surface area contributed by atoms with Gasteiger partial charge in [-0.25, -0.2) is 5.43 Å². The summed E-state index contributed by atoms with van der Waals surface area (Å²) in [6.45, 7) is 7.51. The first-order valence-corrected chi connectivity index (χ1v) is 7.95. The molecule has 0 bridgehead atoms. The van der Waals surface area contributed by atoms with E-state index in [2.05, 4.69) is 17.1 Å². The molecule has 0 aromatic heterocycles. The predicted octanol–water partition coefficient (Wildman–Crippen LogP) is 3.27. The molecule has 0 fully saturated rings. The number of carbonyl (C=O) groups excluding carboxylic acids is 1. The largest absolute Gasteiger partial charge is 0.507 e. The number of allylic oxidation sites excluding steroid dienone is 1. The molecule has 130 valence electrons. The number of hydrogen-bond acceptors (Lipinski definition) is 4. The smallest absolute Gasteiger partial charge is 0.277 e. The van der Waals surface area contributed by atoms with Crippen LogP contribution in [0.4, 0.5) is 0 Å². The van der Waals surface area contributed by atoms with Gasteiger partial charge in [0.25, 0.3) is 5.91 Å². The first-order valence-electron chi connectivity index (χ1n) is 7.95. The lowest BCUT2D eigenvalue weighted by Crippen LogP contribution is -2.24. The molecule has 0 aliphatic carbocycles. The van der Waals surface area contributed by atoms with Gasteiger partial charge >= 0.3 is 0 Å². The number of carbonyl (C=O) groups is 1. The Morgan fingerprint density at radius 2 is 2.08 bits per heavy atom. The lowest BCUT2D eigenvalue weighted by Gasteiger charge is -2.07. The van der Waals surface area contributed by atoms with Crippen LogP contribution >= 0.6 is 0 Å². The van der Waals surface area contributed by atoms with Crippen LogP contribution < -0.4 is 10.2 Å². The minimum Gasteiger partial charge on any atom is -0.507 e. The summed E-state index contributed by atoms with van der Waals surface area (Å²) >= 11 is 0. The number of amides is 1. The predicted molar refractivity (Wildman–Crippen MR) is 99.2 cm³/mol. The fourth-order valence-electron chi connectivity index (χ4n) is 2.19. The van der Waals surface area contributed by atoms with Crippen LogP contribution in [-0.4, -0.2) is 23.8 Å². The molecule has 0 heterocycles. The molecule has 0 aliphatic rings. The SMILES string of the molecule is C=CCc1cccc(/C=N\NC(=O)COc2ccc(C)c(C)c2)c1O. The third kappa shape index (κ3) is 5.21. The van der Waals surface area contributed by atoms with E-state index >= 15 is 0 Å². The number of aromatic hydroxyl groups is 1. The Bertz CT molecular complexity index is 798. The van der Waals surface area contributed by atoms with Gasteiger partial charge in [-0.05, 0) is 55.2 Å².